The van der Waals surface area contributed by atoms with Crippen LogP contribution in [0, 0.1) is 10.1 Å². The van der Waals surface area contributed by atoms with E-state index in [4.69, 9.17) is 19.4 Å². The Morgan fingerprint density at radius 1 is 0.889 bits per heavy atom. The van der Waals surface area contributed by atoms with Gasteiger partial charge in [0.1, 0.15) is 17.3 Å². The maximum Gasteiger partial charge on any atom is 0.269 e. The minimum atomic E-state index is -0.383. The number of nitro benzene ring substituents is 1. The van der Waals surface area contributed by atoms with Crippen LogP contribution in [0.4, 0.5) is 28.8 Å². The highest BCUT2D eigenvalue weighted by Crippen LogP contribution is 2.34. The number of benzene rings is 3. The smallest absolute Gasteiger partial charge is 0.269 e. The van der Waals surface area contributed by atoms with Crippen molar-refractivity contribution < 1.29 is 14.4 Å². The monoisotopic (exact) mass is 486 g/mol. The zero-order valence-electron chi connectivity index (χ0n) is 20.0. The van der Waals surface area contributed by atoms with Crippen LogP contribution < -0.4 is 24.6 Å². The van der Waals surface area contributed by atoms with Gasteiger partial charge >= 0.3 is 0 Å². The van der Waals surface area contributed by atoms with E-state index in [0.717, 1.165) is 48.5 Å². The number of hydrogen-bond acceptors (Lipinski definition) is 9. The molecule has 0 amide bonds. The standard InChI is InChI=1S/C26H26N6O4/c1-35-20-11-12-23(24(17-20)36-2)27-25-21-5-3-4-6-22(21)28-26(29-25)31-15-13-30(14-16-31)18-7-9-19(10-8-18)32(33)34/h3-12,17H,13-16H2,1-2H3,(H,27,28,29). The van der Waals surface area contributed by atoms with Crippen LogP contribution in [0.25, 0.3) is 10.9 Å². The van der Waals surface area contributed by atoms with Crippen molar-refractivity contribution in [1.29, 1.82) is 0 Å². The average molecular weight is 487 g/mol. The molecule has 0 spiro atoms. The van der Waals surface area contributed by atoms with Gasteiger partial charge in [-0.05, 0) is 36.4 Å². The molecule has 36 heavy (non-hydrogen) atoms. The fourth-order valence-corrected chi connectivity index (χ4v) is 4.28. The Balaban J connectivity index is 1.39. The first-order chi connectivity index (χ1) is 17.6. The number of methoxy groups -OCH3 is 2. The second-order valence-electron chi connectivity index (χ2n) is 8.33. The number of ether oxygens (including phenoxy) is 2. The molecule has 10 nitrogen and oxygen atoms in total. The molecule has 0 atom stereocenters. The van der Waals surface area contributed by atoms with Gasteiger partial charge in [0.15, 0.2) is 0 Å². The molecule has 10 heteroatoms. The Morgan fingerprint density at radius 3 is 2.31 bits per heavy atom. The third-order valence-electron chi connectivity index (χ3n) is 6.24. The molecule has 3 aromatic carbocycles. The van der Waals surface area contributed by atoms with E-state index in [0.29, 0.717) is 23.3 Å². The second kappa shape index (κ2) is 9.95. The summed E-state index contributed by atoms with van der Waals surface area (Å²) in [6, 6.07) is 20.2. The highest BCUT2D eigenvalue weighted by atomic mass is 16.6. The topological polar surface area (TPSA) is 106 Å². The Kier molecular flexibility index (Phi) is 6.40. The van der Waals surface area contributed by atoms with Crippen molar-refractivity contribution in [3.63, 3.8) is 0 Å². The maximum absolute atomic E-state index is 10.9. The van der Waals surface area contributed by atoms with Gasteiger partial charge in [-0.15, -0.1) is 0 Å². The molecular formula is C26H26N6O4. The lowest BCUT2D eigenvalue weighted by atomic mass is 10.2. The third kappa shape index (κ3) is 4.65. The van der Waals surface area contributed by atoms with E-state index >= 15 is 0 Å². The molecule has 0 aliphatic carbocycles. The fraction of sp³-hybridized carbons (Fsp3) is 0.231. The maximum atomic E-state index is 10.9. The predicted molar refractivity (Wildman–Crippen MR) is 140 cm³/mol. The molecule has 4 aromatic rings. The average Bonchev–Trinajstić information content (AvgIpc) is 2.93. The van der Waals surface area contributed by atoms with E-state index in [1.54, 1.807) is 38.5 Å². The van der Waals surface area contributed by atoms with Crippen LogP contribution in [0.1, 0.15) is 0 Å². The number of para-hydroxylation sites is 1. The van der Waals surface area contributed by atoms with Crippen LogP contribution in [0.2, 0.25) is 0 Å². The molecule has 1 saturated heterocycles. The third-order valence-corrected chi connectivity index (χ3v) is 6.24. The quantitative estimate of drug-likeness (QED) is 0.296. The Hall–Kier alpha value is -4.60. The van der Waals surface area contributed by atoms with Gasteiger partial charge in [0.2, 0.25) is 5.95 Å². The van der Waals surface area contributed by atoms with Gasteiger partial charge in [0.05, 0.1) is 30.3 Å². The van der Waals surface area contributed by atoms with Gasteiger partial charge in [0, 0.05) is 55.5 Å². The van der Waals surface area contributed by atoms with Gasteiger partial charge in [-0.3, -0.25) is 10.1 Å². The minimum absolute atomic E-state index is 0.0930. The number of anilines is 4. The molecular weight excluding hydrogens is 460 g/mol. The Morgan fingerprint density at radius 2 is 1.61 bits per heavy atom. The Labute approximate surface area is 208 Å². The van der Waals surface area contributed by atoms with Gasteiger partial charge in [-0.2, -0.15) is 4.98 Å². The Bertz CT molecular complexity index is 1390. The summed E-state index contributed by atoms with van der Waals surface area (Å²) >= 11 is 0. The molecule has 1 fully saturated rings. The summed E-state index contributed by atoms with van der Waals surface area (Å²) in [5.74, 6) is 2.69. The molecule has 0 radical (unpaired) electrons. The summed E-state index contributed by atoms with van der Waals surface area (Å²) in [5, 5.41) is 15.3. The lowest BCUT2D eigenvalue weighted by molar-refractivity contribution is -0.384. The molecule has 1 aromatic heterocycles. The van der Waals surface area contributed by atoms with Crippen molar-refractivity contribution >= 4 is 39.7 Å². The number of rotatable bonds is 7. The number of piperazine rings is 1. The summed E-state index contributed by atoms with van der Waals surface area (Å²) in [6.07, 6.45) is 0. The molecule has 0 saturated carbocycles. The number of nitrogens with one attached hydrogen (secondary N) is 1. The molecule has 1 aliphatic rings. The summed E-state index contributed by atoms with van der Waals surface area (Å²) < 4.78 is 10.9. The van der Waals surface area contributed by atoms with E-state index in [9.17, 15) is 10.1 Å². The van der Waals surface area contributed by atoms with Crippen LogP contribution in [0.15, 0.2) is 66.7 Å². The highest BCUT2D eigenvalue weighted by Gasteiger charge is 2.21. The van der Waals surface area contributed by atoms with Crippen molar-refractivity contribution in [3.8, 4) is 11.5 Å². The van der Waals surface area contributed by atoms with E-state index in [1.165, 1.54) is 0 Å². The zero-order valence-corrected chi connectivity index (χ0v) is 20.0. The fourth-order valence-electron chi connectivity index (χ4n) is 4.28. The zero-order chi connectivity index (χ0) is 25.1. The summed E-state index contributed by atoms with van der Waals surface area (Å²) in [7, 11) is 3.24. The number of fused-ring (bicyclic) bond motifs is 1. The first-order valence-corrected chi connectivity index (χ1v) is 11.6. The van der Waals surface area contributed by atoms with Gasteiger partial charge in [0.25, 0.3) is 5.69 Å². The lowest BCUT2D eigenvalue weighted by Gasteiger charge is -2.36. The first kappa shape index (κ1) is 23.2. The van der Waals surface area contributed by atoms with Crippen LogP contribution in [-0.4, -0.2) is 55.3 Å². The van der Waals surface area contributed by atoms with Crippen LogP contribution >= 0.6 is 0 Å². The summed E-state index contributed by atoms with van der Waals surface area (Å²) in [6.45, 7) is 2.95. The van der Waals surface area contributed by atoms with Crippen LogP contribution in [0.3, 0.4) is 0 Å². The number of non-ortho nitro benzene ring substituents is 1. The molecule has 5 rings (SSSR count). The van der Waals surface area contributed by atoms with Crippen molar-refractivity contribution in [3.05, 3.63) is 76.8 Å². The molecule has 1 N–H and O–H groups in total. The van der Waals surface area contributed by atoms with Crippen molar-refractivity contribution in [2.45, 2.75) is 0 Å². The van der Waals surface area contributed by atoms with E-state index < -0.39 is 0 Å². The number of nitro groups is 1. The predicted octanol–water partition coefficient (Wildman–Crippen LogP) is 4.63. The molecule has 2 heterocycles. The molecule has 0 bridgehead atoms. The van der Waals surface area contributed by atoms with Crippen LogP contribution in [-0.2, 0) is 0 Å². The van der Waals surface area contributed by atoms with Crippen molar-refractivity contribution in [2.75, 3.05) is 55.5 Å². The number of nitrogens with zero attached hydrogens (tertiary/aromatic N) is 5. The van der Waals surface area contributed by atoms with Crippen LogP contribution in [0.5, 0.6) is 11.5 Å². The highest BCUT2D eigenvalue weighted by molar-refractivity contribution is 5.92. The van der Waals surface area contributed by atoms with E-state index in [-0.39, 0.29) is 10.6 Å². The van der Waals surface area contributed by atoms with Crippen molar-refractivity contribution in [2.24, 2.45) is 0 Å². The second-order valence-corrected chi connectivity index (χ2v) is 8.33. The molecule has 184 valence electrons. The van der Waals surface area contributed by atoms with E-state index in [1.807, 2.05) is 42.5 Å². The van der Waals surface area contributed by atoms with Gasteiger partial charge < -0.3 is 24.6 Å². The minimum Gasteiger partial charge on any atom is -0.497 e. The largest absolute Gasteiger partial charge is 0.497 e. The van der Waals surface area contributed by atoms with Gasteiger partial charge in [-0.1, -0.05) is 12.1 Å². The van der Waals surface area contributed by atoms with E-state index in [2.05, 4.69) is 15.1 Å². The van der Waals surface area contributed by atoms with Crippen molar-refractivity contribution in [1.82, 2.24) is 9.97 Å². The lowest BCUT2D eigenvalue weighted by Crippen LogP contribution is -2.47. The SMILES string of the molecule is COc1ccc(Nc2nc(N3CCN(c4ccc([N+](=O)[O-])cc4)CC3)nc3ccccc23)c(OC)c1. The normalized spacial score (nSPS) is 13.5. The first-order valence-electron chi connectivity index (χ1n) is 11.6. The number of hydrogen-bond donors (Lipinski definition) is 1. The summed E-state index contributed by atoms with van der Waals surface area (Å²) in [4.78, 5) is 24.6. The van der Waals surface area contributed by atoms with Gasteiger partial charge in [-0.25, -0.2) is 4.98 Å². The number of aromatic nitrogens is 2. The summed E-state index contributed by atoms with van der Waals surface area (Å²) in [5.41, 5.74) is 2.68. The molecule has 0 unspecified atom stereocenters. The molecule has 1 aliphatic heterocycles.